The third-order valence-corrected chi connectivity index (χ3v) is 4.68. The lowest BCUT2D eigenvalue weighted by Gasteiger charge is -2.23. The number of nitro benzene ring substituents is 1. The number of carbonyl (C=O) groups excluding carboxylic acids is 1. The van der Waals surface area contributed by atoms with Crippen LogP contribution in [0.15, 0.2) is 48.5 Å². The van der Waals surface area contributed by atoms with E-state index < -0.39 is 4.92 Å². The summed E-state index contributed by atoms with van der Waals surface area (Å²) in [7, 11) is 0. The molecule has 2 aromatic carbocycles. The molecule has 2 aromatic rings. The van der Waals surface area contributed by atoms with Crippen LogP contribution in [0.4, 0.5) is 11.4 Å². The molecule has 1 unspecified atom stereocenters. The summed E-state index contributed by atoms with van der Waals surface area (Å²) in [6.07, 6.45) is 1.79. The predicted octanol–water partition coefficient (Wildman–Crippen LogP) is 3.19. The number of amides is 1. The van der Waals surface area contributed by atoms with Gasteiger partial charge >= 0.3 is 0 Å². The molecule has 0 spiro atoms. The lowest BCUT2D eigenvalue weighted by molar-refractivity contribution is -0.384. The number of nitro groups is 1. The van der Waals surface area contributed by atoms with Crippen LogP contribution >= 0.6 is 12.4 Å². The monoisotopic (exact) mass is 390 g/mol. The molecule has 0 aromatic heterocycles. The van der Waals surface area contributed by atoms with E-state index in [1.54, 1.807) is 17.0 Å². The van der Waals surface area contributed by atoms with Crippen molar-refractivity contribution in [2.24, 2.45) is 5.73 Å². The number of nitrogens with zero attached hydrogens (tertiary/aromatic N) is 2. The lowest BCUT2D eigenvalue weighted by Crippen LogP contribution is -2.39. The first-order chi connectivity index (χ1) is 12.6. The zero-order valence-corrected chi connectivity index (χ0v) is 15.7. The predicted molar refractivity (Wildman–Crippen MR) is 107 cm³/mol. The van der Waals surface area contributed by atoms with Gasteiger partial charge in [-0.3, -0.25) is 14.9 Å². The van der Waals surface area contributed by atoms with Gasteiger partial charge in [0.2, 0.25) is 0 Å². The minimum absolute atomic E-state index is 0. The summed E-state index contributed by atoms with van der Waals surface area (Å²) < 4.78 is 0. The van der Waals surface area contributed by atoms with Crippen molar-refractivity contribution in [2.45, 2.75) is 25.4 Å². The largest absolute Gasteiger partial charge is 0.375 e. The van der Waals surface area contributed by atoms with Gasteiger partial charge in [-0.15, -0.1) is 12.4 Å². The fourth-order valence-corrected chi connectivity index (χ4v) is 3.27. The molecule has 0 bridgehead atoms. The van der Waals surface area contributed by atoms with Crippen LogP contribution in [0.1, 0.15) is 28.8 Å². The molecule has 0 aliphatic carbocycles. The molecule has 27 heavy (non-hydrogen) atoms. The van der Waals surface area contributed by atoms with Crippen molar-refractivity contribution < 1.29 is 9.72 Å². The molecule has 1 atom stereocenters. The Morgan fingerprint density at radius 1 is 1.26 bits per heavy atom. The van der Waals surface area contributed by atoms with E-state index in [0.717, 1.165) is 18.4 Å². The summed E-state index contributed by atoms with van der Waals surface area (Å²) in [6, 6.07) is 14.2. The first-order valence-electron chi connectivity index (χ1n) is 8.67. The highest BCUT2D eigenvalue weighted by atomic mass is 35.5. The quantitative estimate of drug-likeness (QED) is 0.582. The summed E-state index contributed by atoms with van der Waals surface area (Å²) >= 11 is 0. The van der Waals surface area contributed by atoms with E-state index in [1.165, 1.54) is 6.07 Å². The summed E-state index contributed by atoms with van der Waals surface area (Å²) in [5, 5.41) is 14.6. The van der Waals surface area contributed by atoms with E-state index in [9.17, 15) is 14.9 Å². The van der Waals surface area contributed by atoms with Gasteiger partial charge in [0.05, 0.1) is 4.92 Å². The van der Waals surface area contributed by atoms with Crippen LogP contribution in [-0.2, 0) is 6.54 Å². The molecule has 1 amide bonds. The molecule has 3 rings (SSSR count). The summed E-state index contributed by atoms with van der Waals surface area (Å²) in [5.41, 5.74) is 7.36. The van der Waals surface area contributed by atoms with Crippen LogP contribution in [0.5, 0.6) is 0 Å². The van der Waals surface area contributed by atoms with E-state index in [0.29, 0.717) is 30.9 Å². The zero-order chi connectivity index (χ0) is 18.5. The third-order valence-electron chi connectivity index (χ3n) is 4.68. The first-order valence-corrected chi connectivity index (χ1v) is 8.67. The van der Waals surface area contributed by atoms with Gasteiger partial charge in [0.1, 0.15) is 5.69 Å². The van der Waals surface area contributed by atoms with Gasteiger partial charge in [0.25, 0.3) is 11.6 Å². The molecule has 1 saturated heterocycles. The van der Waals surface area contributed by atoms with Crippen molar-refractivity contribution in [1.82, 2.24) is 4.90 Å². The molecule has 1 aliphatic rings. The van der Waals surface area contributed by atoms with Crippen molar-refractivity contribution in [3.63, 3.8) is 0 Å². The average Bonchev–Trinajstić information content (AvgIpc) is 3.15. The maximum absolute atomic E-state index is 12.7. The molecule has 1 heterocycles. The summed E-state index contributed by atoms with van der Waals surface area (Å²) in [5.74, 6) is -0.198. The highest BCUT2D eigenvalue weighted by Crippen LogP contribution is 2.28. The van der Waals surface area contributed by atoms with Gasteiger partial charge in [-0.1, -0.05) is 30.3 Å². The zero-order valence-electron chi connectivity index (χ0n) is 14.8. The molecule has 1 fully saturated rings. The Labute approximate surface area is 164 Å². The van der Waals surface area contributed by atoms with Gasteiger partial charge in [-0.2, -0.15) is 0 Å². The Morgan fingerprint density at radius 2 is 2.00 bits per heavy atom. The van der Waals surface area contributed by atoms with Crippen LogP contribution in [-0.4, -0.2) is 34.9 Å². The topological polar surface area (TPSA) is 102 Å². The number of anilines is 1. The number of likely N-dealkylation sites (tertiary alicyclic amines) is 1. The second-order valence-corrected chi connectivity index (χ2v) is 6.36. The van der Waals surface area contributed by atoms with Gasteiger partial charge in [-0.25, -0.2) is 0 Å². The number of carbonyl (C=O) groups is 1. The molecule has 144 valence electrons. The highest BCUT2D eigenvalue weighted by molar-refractivity contribution is 5.96. The van der Waals surface area contributed by atoms with Crippen molar-refractivity contribution in [3.05, 3.63) is 69.8 Å². The van der Waals surface area contributed by atoms with Gasteiger partial charge < -0.3 is 16.0 Å². The minimum Gasteiger partial charge on any atom is -0.375 e. The molecular weight excluding hydrogens is 368 g/mol. The van der Waals surface area contributed by atoms with Crippen LogP contribution in [0.3, 0.4) is 0 Å². The van der Waals surface area contributed by atoms with Crippen molar-refractivity contribution in [1.29, 1.82) is 0 Å². The number of nitrogens with two attached hydrogens (primary N) is 1. The molecular formula is C19H23ClN4O3. The number of rotatable bonds is 6. The van der Waals surface area contributed by atoms with E-state index in [2.05, 4.69) is 5.32 Å². The number of hydrogen-bond donors (Lipinski definition) is 2. The number of nitrogens with one attached hydrogen (secondary N) is 1. The van der Waals surface area contributed by atoms with Crippen LogP contribution in [0.25, 0.3) is 0 Å². The maximum atomic E-state index is 12.7. The number of hydrogen-bond acceptors (Lipinski definition) is 5. The minimum atomic E-state index is -0.464. The summed E-state index contributed by atoms with van der Waals surface area (Å²) in [4.78, 5) is 25.4. The smallest absolute Gasteiger partial charge is 0.293 e. The molecule has 8 heteroatoms. The fourth-order valence-electron chi connectivity index (χ4n) is 3.27. The van der Waals surface area contributed by atoms with Crippen LogP contribution < -0.4 is 11.1 Å². The number of benzene rings is 2. The second-order valence-electron chi connectivity index (χ2n) is 6.36. The van der Waals surface area contributed by atoms with Crippen LogP contribution in [0, 0.1) is 10.1 Å². The normalized spacial score (nSPS) is 15.9. The van der Waals surface area contributed by atoms with Crippen molar-refractivity contribution >= 4 is 29.7 Å². The van der Waals surface area contributed by atoms with Crippen molar-refractivity contribution in [3.8, 4) is 0 Å². The molecule has 0 saturated carbocycles. The maximum Gasteiger partial charge on any atom is 0.293 e. The van der Waals surface area contributed by atoms with E-state index in [4.69, 9.17) is 5.73 Å². The first kappa shape index (κ1) is 20.7. The summed E-state index contributed by atoms with van der Waals surface area (Å²) in [6.45, 7) is 1.52. The van der Waals surface area contributed by atoms with Gasteiger partial charge in [0.15, 0.2) is 0 Å². The van der Waals surface area contributed by atoms with Gasteiger partial charge in [-0.05, 0) is 30.5 Å². The van der Waals surface area contributed by atoms with E-state index >= 15 is 0 Å². The Kier molecular flexibility index (Phi) is 7.15. The SMILES string of the molecule is Cl.NCC1CCCN1C(=O)c1ccc(NCc2ccccc2)c([N+](=O)[O-])c1. The van der Waals surface area contributed by atoms with E-state index in [-0.39, 0.29) is 30.0 Å². The number of halogens is 1. The van der Waals surface area contributed by atoms with E-state index in [1.807, 2.05) is 30.3 Å². The fraction of sp³-hybridized carbons (Fsp3) is 0.316. The molecule has 1 aliphatic heterocycles. The molecule has 0 radical (unpaired) electrons. The molecule has 7 nitrogen and oxygen atoms in total. The lowest BCUT2D eigenvalue weighted by atomic mass is 10.1. The Balaban J connectivity index is 0.00000261. The Morgan fingerprint density at radius 3 is 2.67 bits per heavy atom. The van der Waals surface area contributed by atoms with Gasteiger partial charge in [0, 0.05) is 37.3 Å². The van der Waals surface area contributed by atoms with Crippen molar-refractivity contribution in [2.75, 3.05) is 18.4 Å². The molecule has 3 N–H and O–H groups in total. The Hall–Kier alpha value is -2.64. The third kappa shape index (κ3) is 4.75. The standard InChI is InChI=1S/C19H22N4O3.ClH/c20-12-16-7-4-10-22(16)19(24)15-8-9-17(18(11-15)23(25)26)21-13-14-5-2-1-3-6-14;/h1-3,5-6,8-9,11,16,21H,4,7,10,12-13,20H2;1H. The Bertz CT molecular complexity index is 801. The average molecular weight is 391 g/mol. The second kappa shape index (κ2) is 9.34. The van der Waals surface area contributed by atoms with Crippen LogP contribution in [0.2, 0.25) is 0 Å². The highest BCUT2D eigenvalue weighted by Gasteiger charge is 2.29.